The zero-order chi connectivity index (χ0) is 16.3. The Morgan fingerprint density at radius 1 is 1.14 bits per heavy atom. The molecular formula is C14H7F3N2O3. The topological polar surface area (TPSA) is 56.7 Å². The zero-order valence-electron chi connectivity index (χ0n) is 10.8. The highest BCUT2D eigenvalue weighted by atomic mass is 19.4. The van der Waals surface area contributed by atoms with Crippen LogP contribution in [0, 0.1) is 16.7 Å². The Balaban J connectivity index is 2.28. The predicted octanol–water partition coefficient (Wildman–Crippen LogP) is 4.96. The van der Waals surface area contributed by atoms with Crippen molar-refractivity contribution in [3.8, 4) is 11.5 Å². The van der Waals surface area contributed by atoms with Crippen LogP contribution in [0.1, 0.15) is 5.56 Å². The van der Waals surface area contributed by atoms with Gasteiger partial charge in [0, 0.05) is 12.1 Å². The summed E-state index contributed by atoms with van der Waals surface area (Å²) in [6, 6.07) is 7.32. The molecule has 0 heterocycles. The molecule has 22 heavy (non-hydrogen) atoms. The van der Waals surface area contributed by atoms with Crippen molar-refractivity contribution in [3.63, 3.8) is 0 Å². The van der Waals surface area contributed by atoms with Gasteiger partial charge in [0.15, 0.2) is 0 Å². The van der Waals surface area contributed by atoms with Crippen molar-refractivity contribution in [1.82, 2.24) is 0 Å². The molecule has 0 aliphatic rings. The van der Waals surface area contributed by atoms with Gasteiger partial charge in [0.1, 0.15) is 11.5 Å². The molecule has 0 aliphatic carbocycles. The van der Waals surface area contributed by atoms with Gasteiger partial charge in [0.05, 0.1) is 17.1 Å². The van der Waals surface area contributed by atoms with E-state index < -0.39 is 16.7 Å². The van der Waals surface area contributed by atoms with Crippen molar-refractivity contribution in [3.05, 3.63) is 69.6 Å². The van der Waals surface area contributed by atoms with Gasteiger partial charge in [-0.05, 0) is 30.3 Å². The Bertz CT molecular complexity index is 749. The Morgan fingerprint density at radius 3 is 2.27 bits per heavy atom. The lowest BCUT2D eigenvalue weighted by atomic mass is 10.2. The first kappa shape index (κ1) is 15.3. The van der Waals surface area contributed by atoms with Crippen LogP contribution >= 0.6 is 0 Å². The van der Waals surface area contributed by atoms with Gasteiger partial charge < -0.3 is 4.74 Å². The van der Waals surface area contributed by atoms with Crippen molar-refractivity contribution >= 4 is 11.4 Å². The second-order valence-electron chi connectivity index (χ2n) is 4.15. The third-order valence-corrected chi connectivity index (χ3v) is 2.68. The molecule has 0 N–H and O–H groups in total. The normalized spacial score (nSPS) is 10.8. The number of alkyl halides is 3. The minimum absolute atomic E-state index is 0.0281. The van der Waals surface area contributed by atoms with Crippen molar-refractivity contribution < 1.29 is 22.8 Å². The summed E-state index contributed by atoms with van der Waals surface area (Å²) in [5.41, 5.74) is -1.20. The van der Waals surface area contributed by atoms with Crippen LogP contribution < -0.4 is 4.74 Å². The Kier molecular flexibility index (Phi) is 3.99. The number of benzene rings is 2. The van der Waals surface area contributed by atoms with Crippen LogP contribution in [-0.4, -0.2) is 4.92 Å². The maximum atomic E-state index is 12.4. The third kappa shape index (κ3) is 3.32. The average Bonchev–Trinajstić information content (AvgIpc) is 2.47. The fourth-order valence-corrected chi connectivity index (χ4v) is 1.63. The van der Waals surface area contributed by atoms with Crippen molar-refractivity contribution in [1.29, 1.82) is 0 Å². The summed E-state index contributed by atoms with van der Waals surface area (Å²) in [5, 5.41) is 10.6. The van der Waals surface area contributed by atoms with Gasteiger partial charge in [-0.25, -0.2) is 4.85 Å². The summed E-state index contributed by atoms with van der Waals surface area (Å²) in [7, 11) is 0. The smallest absolute Gasteiger partial charge is 0.416 e. The van der Waals surface area contributed by atoms with Crippen LogP contribution in [0.4, 0.5) is 24.5 Å². The van der Waals surface area contributed by atoms with Gasteiger partial charge in [-0.3, -0.25) is 10.1 Å². The fourth-order valence-electron chi connectivity index (χ4n) is 1.63. The zero-order valence-corrected chi connectivity index (χ0v) is 10.8. The van der Waals surface area contributed by atoms with E-state index in [1.807, 2.05) is 0 Å². The lowest BCUT2D eigenvalue weighted by Gasteiger charge is -2.10. The lowest BCUT2D eigenvalue weighted by Crippen LogP contribution is -2.03. The fraction of sp³-hybridized carbons (Fsp3) is 0.0714. The van der Waals surface area contributed by atoms with Gasteiger partial charge in [0.2, 0.25) is 5.69 Å². The number of rotatable bonds is 3. The monoisotopic (exact) mass is 308 g/mol. The molecule has 0 amide bonds. The van der Waals surface area contributed by atoms with E-state index in [1.54, 1.807) is 0 Å². The Morgan fingerprint density at radius 2 is 1.77 bits per heavy atom. The standard InChI is InChI=1S/C14H7F3N2O3/c1-18-12-8-10(19(20)21)4-7-13(12)22-11-5-2-9(3-6-11)14(15,16)17/h2-8H. The van der Waals surface area contributed by atoms with E-state index in [-0.39, 0.29) is 22.9 Å². The average molecular weight is 308 g/mol. The number of non-ortho nitro benzene ring substituents is 1. The molecule has 0 radical (unpaired) electrons. The summed E-state index contributed by atoms with van der Waals surface area (Å²) in [6.07, 6.45) is -4.45. The first-order valence-electron chi connectivity index (χ1n) is 5.82. The number of ether oxygens (including phenoxy) is 1. The molecule has 0 atom stereocenters. The summed E-state index contributed by atoms with van der Waals surface area (Å²) >= 11 is 0. The first-order valence-corrected chi connectivity index (χ1v) is 5.82. The van der Waals surface area contributed by atoms with E-state index in [1.165, 1.54) is 6.07 Å². The van der Waals surface area contributed by atoms with Crippen LogP contribution in [0.2, 0.25) is 0 Å². The number of nitrogens with zero attached hydrogens (tertiary/aromatic N) is 2. The molecule has 112 valence electrons. The molecule has 0 spiro atoms. The van der Waals surface area contributed by atoms with E-state index in [0.29, 0.717) is 0 Å². The molecule has 0 aliphatic heterocycles. The van der Waals surface area contributed by atoms with Gasteiger partial charge >= 0.3 is 6.18 Å². The van der Waals surface area contributed by atoms with Crippen molar-refractivity contribution in [2.24, 2.45) is 0 Å². The van der Waals surface area contributed by atoms with E-state index in [0.717, 1.165) is 36.4 Å². The number of hydrogen-bond donors (Lipinski definition) is 0. The van der Waals surface area contributed by atoms with Crippen LogP contribution in [-0.2, 0) is 6.18 Å². The molecule has 0 saturated heterocycles. The predicted molar refractivity (Wildman–Crippen MR) is 70.9 cm³/mol. The molecule has 2 rings (SSSR count). The van der Waals surface area contributed by atoms with Gasteiger partial charge in [-0.2, -0.15) is 13.2 Å². The van der Waals surface area contributed by atoms with Crippen molar-refractivity contribution in [2.75, 3.05) is 0 Å². The maximum Gasteiger partial charge on any atom is 0.416 e. The first-order chi connectivity index (χ1) is 10.3. The maximum absolute atomic E-state index is 12.4. The van der Waals surface area contributed by atoms with Crippen LogP contribution in [0.5, 0.6) is 11.5 Å². The molecule has 0 fully saturated rings. The summed E-state index contributed by atoms with van der Waals surface area (Å²) in [4.78, 5) is 13.1. The summed E-state index contributed by atoms with van der Waals surface area (Å²) < 4.78 is 42.6. The summed E-state index contributed by atoms with van der Waals surface area (Å²) in [5.74, 6) is 0.118. The lowest BCUT2D eigenvalue weighted by molar-refractivity contribution is -0.384. The highest BCUT2D eigenvalue weighted by Crippen LogP contribution is 2.36. The molecule has 0 aromatic heterocycles. The minimum Gasteiger partial charge on any atom is -0.468 e. The van der Waals surface area contributed by atoms with E-state index in [2.05, 4.69) is 4.85 Å². The van der Waals surface area contributed by atoms with Crippen LogP contribution in [0.15, 0.2) is 42.5 Å². The number of halogens is 3. The Labute approximate surface area is 122 Å². The molecule has 2 aromatic carbocycles. The molecule has 2 aromatic rings. The SMILES string of the molecule is [C-]#[N+]c1cc([N+](=O)[O-])ccc1Oc1ccc(C(F)(F)F)cc1. The van der Waals surface area contributed by atoms with E-state index in [9.17, 15) is 23.3 Å². The second kappa shape index (κ2) is 5.73. The quantitative estimate of drug-likeness (QED) is 0.457. The Hall–Kier alpha value is -3.08. The van der Waals surface area contributed by atoms with E-state index >= 15 is 0 Å². The van der Waals surface area contributed by atoms with Crippen LogP contribution in [0.3, 0.4) is 0 Å². The summed E-state index contributed by atoms with van der Waals surface area (Å²) in [6.45, 7) is 6.98. The molecule has 8 heteroatoms. The molecule has 0 saturated carbocycles. The van der Waals surface area contributed by atoms with Crippen LogP contribution in [0.25, 0.3) is 4.85 Å². The third-order valence-electron chi connectivity index (χ3n) is 2.68. The van der Waals surface area contributed by atoms with Crippen molar-refractivity contribution in [2.45, 2.75) is 6.18 Å². The number of hydrogen-bond acceptors (Lipinski definition) is 3. The second-order valence-corrected chi connectivity index (χ2v) is 4.15. The molecule has 0 unspecified atom stereocenters. The molecular weight excluding hydrogens is 301 g/mol. The van der Waals surface area contributed by atoms with Gasteiger partial charge in [-0.15, -0.1) is 0 Å². The molecule has 5 nitrogen and oxygen atoms in total. The molecule has 0 bridgehead atoms. The minimum atomic E-state index is -4.45. The highest BCUT2D eigenvalue weighted by molar-refractivity contribution is 5.63. The highest BCUT2D eigenvalue weighted by Gasteiger charge is 2.30. The van der Waals surface area contributed by atoms with Gasteiger partial charge in [0.25, 0.3) is 5.69 Å². The largest absolute Gasteiger partial charge is 0.468 e. The number of nitro groups is 1. The number of nitro benzene ring substituents is 1. The van der Waals surface area contributed by atoms with E-state index in [4.69, 9.17) is 11.3 Å². The van der Waals surface area contributed by atoms with Gasteiger partial charge in [-0.1, -0.05) is 0 Å².